The Hall–Kier alpha value is -2.56. The van der Waals surface area contributed by atoms with Gasteiger partial charge in [0.1, 0.15) is 5.75 Å². The molecule has 0 fully saturated rings. The van der Waals surface area contributed by atoms with Crippen molar-refractivity contribution in [1.29, 1.82) is 0 Å². The van der Waals surface area contributed by atoms with Crippen LogP contribution in [0.3, 0.4) is 0 Å². The van der Waals surface area contributed by atoms with Crippen LogP contribution in [0.1, 0.15) is 12.5 Å². The lowest BCUT2D eigenvalue weighted by Gasteiger charge is -2.07. The lowest BCUT2D eigenvalue weighted by Crippen LogP contribution is -1.97. The van der Waals surface area contributed by atoms with Crippen molar-refractivity contribution in [2.45, 2.75) is 13.8 Å². The molecular formula is C15H16N4O. The van der Waals surface area contributed by atoms with E-state index in [-0.39, 0.29) is 0 Å². The van der Waals surface area contributed by atoms with Gasteiger partial charge in [0, 0.05) is 11.8 Å². The van der Waals surface area contributed by atoms with Crippen LogP contribution in [0.25, 0.3) is 17.0 Å². The molecular weight excluding hydrogens is 252 g/mol. The van der Waals surface area contributed by atoms with Crippen molar-refractivity contribution in [3.63, 3.8) is 0 Å². The molecule has 3 rings (SSSR count). The number of nitrogen functional groups attached to an aromatic ring is 1. The summed E-state index contributed by atoms with van der Waals surface area (Å²) < 4.78 is 7.21. The van der Waals surface area contributed by atoms with E-state index in [9.17, 15) is 0 Å². The summed E-state index contributed by atoms with van der Waals surface area (Å²) in [7, 11) is 0. The van der Waals surface area contributed by atoms with Gasteiger partial charge in [-0.2, -0.15) is 0 Å². The molecule has 2 heterocycles. The fraction of sp³-hybridized carbons (Fsp3) is 0.200. The van der Waals surface area contributed by atoms with Crippen molar-refractivity contribution < 1.29 is 4.74 Å². The summed E-state index contributed by atoms with van der Waals surface area (Å²) in [5, 5.41) is 4.47. The highest BCUT2D eigenvalue weighted by atomic mass is 16.5. The fourth-order valence-electron chi connectivity index (χ4n) is 2.08. The van der Waals surface area contributed by atoms with Crippen LogP contribution in [0.5, 0.6) is 5.75 Å². The van der Waals surface area contributed by atoms with Gasteiger partial charge in [0.05, 0.1) is 12.3 Å². The van der Waals surface area contributed by atoms with Gasteiger partial charge in [0.15, 0.2) is 11.5 Å². The van der Waals surface area contributed by atoms with E-state index < -0.39 is 0 Å². The lowest BCUT2D eigenvalue weighted by molar-refractivity contribution is 0.342. The molecule has 0 aliphatic carbocycles. The highest BCUT2D eigenvalue weighted by molar-refractivity contribution is 5.67. The Morgan fingerprint density at radius 2 is 2.10 bits per heavy atom. The minimum absolute atomic E-state index is 0.593. The van der Waals surface area contributed by atoms with Gasteiger partial charge in [-0.15, -0.1) is 5.10 Å². The van der Waals surface area contributed by atoms with Crippen molar-refractivity contribution in [3.05, 3.63) is 42.1 Å². The molecule has 3 aromatic rings. The van der Waals surface area contributed by atoms with E-state index in [0.717, 1.165) is 16.8 Å². The largest absolute Gasteiger partial charge is 0.492 e. The Kier molecular flexibility index (Phi) is 3.02. The summed E-state index contributed by atoms with van der Waals surface area (Å²) >= 11 is 0. The average Bonchev–Trinajstić information content (AvgIpc) is 2.84. The zero-order valence-corrected chi connectivity index (χ0v) is 11.5. The number of rotatable bonds is 3. The number of hydrogen-bond acceptors (Lipinski definition) is 4. The highest BCUT2D eigenvalue weighted by Crippen LogP contribution is 2.27. The van der Waals surface area contributed by atoms with Crippen molar-refractivity contribution >= 4 is 11.3 Å². The molecule has 5 nitrogen and oxygen atoms in total. The quantitative estimate of drug-likeness (QED) is 0.742. The molecule has 102 valence electrons. The molecule has 20 heavy (non-hydrogen) atoms. The molecule has 5 heteroatoms. The monoisotopic (exact) mass is 268 g/mol. The predicted molar refractivity (Wildman–Crippen MR) is 78.7 cm³/mol. The van der Waals surface area contributed by atoms with Crippen molar-refractivity contribution in [2.24, 2.45) is 0 Å². The second-order valence-corrected chi connectivity index (χ2v) is 4.63. The van der Waals surface area contributed by atoms with Gasteiger partial charge in [-0.05, 0) is 43.7 Å². The Balaban J connectivity index is 2.04. The number of benzene rings is 1. The number of hydrogen-bond donors (Lipinski definition) is 1. The number of pyridine rings is 1. The minimum Gasteiger partial charge on any atom is -0.492 e. The first kappa shape index (κ1) is 12.5. The van der Waals surface area contributed by atoms with Crippen LogP contribution in [0.4, 0.5) is 5.69 Å². The molecule has 2 N–H and O–H groups in total. The van der Waals surface area contributed by atoms with Crippen LogP contribution in [0.2, 0.25) is 0 Å². The Bertz CT molecular complexity index is 764. The van der Waals surface area contributed by atoms with Crippen LogP contribution in [0, 0.1) is 6.92 Å². The van der Waals surface area contributed by atoms with Crippen LogP contribution in [-0.2, 0) is 0 Å². The fourth-order valence-corrected chi connectivity index (χ4v) is 2.08. The van der Waals surface area contributed by atoms with E-state index in [2.05, 4.69) is 10.1 Å². The average molecular weight is 268 g/mol. The molecule has 0 radical (unpaired) electrons. The number of nitrogens with zero attached hydrogens (tertiary/aromatic N) is 3. The molecule has 0 amide bonds. The van der Waals surface area contributed by atoms with Gasteiger partial charge in [0.25, 0.3) is 0 Å². The zero-order chi connectivity index (χ0) is 14.1. The van der Waals surface area contributed by atoms with E-state index in [1.165, 1.54) is 0 Å². The van der Waals surface area contributed by atoms with E-state index in [1.807, 2.05) is 50.4 Å². The topological polar surface area (TPSA) is 65.4 Å². The lowest BCUT2D eigenvalue weighted by atomic mass is 10.2. The number of ether oxygens (including phenoxy) is 1. The van der Waals surface area contributed by atoms with Crippen molar-refractivity contribution in [2.75, 3.05) is 12.3 Å². The maximum atomic E-state index is 5.98. The van der Waals surface area contributed by atoms with E-state index in [0.29, 0.717) is 23.9 Å². The standard InChI is InChI=1S/C15H16N4O/c1-3-20-13-6-5-11(8-12(13)16)15-17-14-7-4-10(2)9-19(14)18-15/h4-9H,3,16H2,1-2H3. The Labute approximate surface area is 117 Å². The van der Waals surface area contributed by atoms with Gasteiger partial charge >= 0.3 is 0 Å². The van der Waals surface area contributed by atoms with Crippen molar-refractivity contribution in [1.82, 2.24) is 14.6 Å². The van der Waals surface area contributed by atoms with E-state index >= 15 is 0 Å². The van der Waals surface area contributed by atoms with Crippen LogP contribution >= 0.6 is 0 Å². The third-order valence-corrected chi connectivity index (χ3v) is 3.05. The van der Waals surface area contributed by atoms with E-state index in [4.69, 9.17) is 10.5 Å². The molecule has 2 aromatic heterocycles. The second-order valence-electron chi connectivity index (χ2n) is 4.63. The first-order chi connectivity index (χ1) is 9.67. The van der Waals surface area contributed by atoms with Crippen LogP contribution in [0.15, 0.2) is 36.5 Å². The van der Waals surface area contributed by atoms with Crippen LogP contribution in [-0.4, -0.2) is 21.2 Å². The molecule has 0 aliphatic rings. The first-order valence-corrected chi connectivity index (χ1v) is 6.53. The van der Waals surface area contributed by atoms with Crippen LogP contribution < -0.4 is 10.5 Å². The van der Waals surface area contributed by atoms with Gasteiger partial charge < -0.3 is 10.5 Å². The third-order valence-electron chi connectivity index (χ3n) is 3.05. The third kappa shape index (κ3) is 2.18. The molecule has 1 aromatic carbocycles. The molecule has 0 aliphatic heterocycles. The smallest absolute Gasteiger partial charge is 0.182 e. The van der Waals surface area contributed by atoms with E-state index in [1.54, 1.807) is 4.52 Å². The molecule has 0 saturated carbocycles. The number of aromatic nitrogens is 3. The highest BCUT2D eigenvalue weighted by Gasteiger charge is 2.09. The van der Waals surface area contributed by atoms with Crippen molar-refractivity contribution in [3.8, 4) is 17.1 Å². The molecule has 0 spiro atoms. The summed E-state index contributed by atoms with van der Waals surface area (Å²) in [4.78, 5) is 4.50. The molecule has 0 atom stereocenters. The summed E-state index contributed by atoms with van der Waals surface area (Å²) in [5.74, 6) is 1.35. The molecule has 0 saturated heterocycles. The maximum absolute atomic E-state index is 5.98. The van der Waals surface area contributed by atoms with Gasteiger partial charge in [-0.1, -0.05) is 6.07 Å². The second kappa shape index (κ2) is 4.85. The predicted octanol–water partition coefficient (Wildman–Crippen LogP) is 2.69. The molecule has 0 unspecified atom stereocenters. The number of fused-ring (bicyclic) bond motifs is 1. The Morgan fingerprint density at radius 1 is 1.25 bits per heavy atom. The maximum Gasteiger partial charge on any atom is 0.182 e. The minimum atomic E-state index is 0.593. The summed E-state index contributed by atoms with van der Waals surface area (Å²) in [6.45, 7) is 4.55. The SMILES string of the molecule is CCOc1ccc(-c2nc3ccc(C)cn3n2)cc1N. The Morgan fingerprint density at radius 3 is 2.85 bits per heavy atom. The first-order valence-electron chi connectivity index (χ1n) is 6.53. The van der Waals surface area contributed by atoms with Gasteiger partial charge in [-0.25, -0.2) is 9.50 Å². The summed E-state index contributed by atoms with van der Waals surface area (Å²) in [5.41, 5.74) is 9.41. The summed E-state index contributed by atoms with van der Waals surface area (Å²) in [6, 6.07) is 9.57. The summed E-state index contributed by atoms with van der Waals surface area (Å²) in [6.07, 6.45) is 1.95. The van der Waals surface area contributed by atoms with Gasteiger partial charge in [-0.3, -0.25) is 0 Å². The molecule has 0 bridgehead atoms. The normalized spacial score (nSPS) is 10.9. The number of nitrogens with two attached hydrogens (primary N) is 1. The number of aryl methyl sites for hydroxylation is 1. The number of anilines is 1. The zero-order valence-electron chi connectivity index (χ0n) is 11.5. The van der Waals surface area contributed by atoms with Gasteiger partial charge in [0.2, 0.25) is 0 Å².